The molecule has 2 amide bonds. The fourth-order valence-corrected chi connectivity index (χ4v) is 8.87. The summed E-state index contributed by atoms with van der Waals surface area (Å²) in [6.07, 6.45) is 4.70. The highest BCUT2D eigenvalue weighted by molar-refractivity contribution is 8.02. The Morgan fingerprint density at radius 2 is 2.03 bits per heavy atom. The molecule has 3 unspecified atom stereocenters. The Labute approximate surface area is 217 Å². The van der Waals surface area contributed by atoms with E-state index in [1.54, 1.807) is 28.8 Å². The number of β-amino-alcohol motifs (C(OH)–C–C–N with tert-alkyl or cyclic N) is 1. The number of nitrogens with zero attached hydrogens (tertiary/aromatic N) is 3. The number of aliphatic hydroxyl groups is 1. The summed E-state index contributed by atoms with van der Waals surface area (Å²) in [6.45, 7) is 14.3. The number of hydrogen-bond donors (Lipinski definition) is 1. The molecule has 10 heteroatoms. The number of amides is 2. The molecular formula is C26H39N3O6S. The number of thioether (sulfide) groups is 1. The van der Waals surface area contributed by atoms with Gasteiger partial charge in [0.25, 0.3) is 0 Å². The molecule has 0 aromatic heterocycles. The molecule has 0 aromatic carbocycles. The van der Waals surface area contributed by atoms with Gasteiger partial charge in [0.2, 0.25) is 11.8 Å². The molecule has 4 heterocycles. The van der Waals surface area contributed by atoms with Crippen LogP contribution in [0.5, 0.6) is 0 Å². The van der Waals surface area contributed by atoms with Crippen LogP contribution in [0.1, 0.15) is 19.8 Å². The third kappa shape index (κ3) is 4.73. The van der Waals surface area contributed by atoms with Crippen LogP contribution < -0.4 is 0 Å². The summed E-state index contributed by atoms with van der Waals surface area (Å²) >= 11 is 1.62. The summed E-state index contributed by atoms with van der Waals surface area (Å²) in [6, 6.07) is -0.734. The van der Waals surface area contributed by atoms with Crippen molar-refractivity contribution in [2.45, 2.75) is 35.8 Å². The molecule has 9 nitrogen and oxygen atoms in total. The van der Waals surface area contributed by atoms with Crippen molar-refractivity contribution in [3.05, 3.63) is 25.3 Å². The Morgan fingerprint density at radius 3 is 2.69 bits per heavy atom. The van der Waals surface area contributed by atoms with Crippen LogP contribution in [0.4, 0.5) is 0 Å². The maximum Gasteiger partial charge on any atom is 0.310 e. The van der Waals surface area contributed by atoms with Gasteiger partial charge in [-0.05, 0) is 18.8 Å². The van der Waals surface area contributed by atoms with Crippen LogP contribution in [0.2, 0.25) is 0 Å². The van der Waals surface area contributed by atoms with Gasteiger partial charge in [-0.3, -0.25) is 19.3 Å². The topological polar surface area (TPSA) is 99.6 Å². The molecule has 0 saturated carbocycles. The molecule has 200 valence electrons. The number of likely N-dealkylation sites (tertiary alicyclic amines) is 1. The van der Waals surface area contributed by atoms with Crippen molar-refractivity contribution in [1.82, 2.24) is 14.7 Å². The number of morpholine rings is 1. The number of rotatable bonds is 12. The van der Waals surface area contributed by atoms with Crippen molar-refractivity contribution in [3.8, 4) is 0 Å². The minimum absolute atomic E-state index is 0.0574. The van der Waals surface area contributed by atoms with E-state index in [1.807, 2.05) is 0 Å². The number of carbonyl (C=O) groups excluding carboxylic acids is 3. The normalized spacial score (nSPS) is 33.4. The summed E-state index contributed by atoms with van der Waals surface area (Å²) in [5.41, 5.74) is 0. The van der Waals surface area contributed by atoms with Gasteiger partial charge in [0.1, 0.15) is 6.04 Å². The zero-order valence-corrected chi connectivity index (χ0v) is 22.0. The van der Waals surface area contributed by atoms with Crippen molar-refractivity contribution in [3.63, 3.8) is 0 Å². The maximum absolute atomic E-state index is 14.2. The summed E-state index contributed by atoms with van der Waals surface area (Å²) in [5.74, 6) is -1.86. The SMILES string of the molecule is C=CCCOC(=O)[C@@H]1[C@H]2C(=O)N(CCO)C(C(=O)N(CC=C)CCN3CCOCC3)C23S[C@@H]1CC3C. The molecular weight excluding hydrogens is 482 g/mol. The zero-order chi connectivity index (χ0) is 25.9. The van der Waals surface area contributed by atoms with Gasteiger partial charge in [0, 0.05) is 44.5 Å². The van der Waals surface area contributed by atoms with Gasteiger partial charge < -0.3 is 24.4 Å². The molecule has 36 heavy (non-hydrogen) atoms. The van der Waals surface area contributed by atoms with Crippen LogP contribution >= 0.6 is 11.8 Å². The van der Waals surface area contributed by atoms with Crippen molar-refractivity contribution in [1.29, 1.82) is 0 Å². The predicted octanol–water partition coefficient (Wildman–Crippen LogP) is 0.782. The molecule has 2 bridgehead atoms. The minimum atomic E-state index is -0.734. The lowest BCUT2D eigenvalue weighted by atomic mass is 9.66. The number of ether oxygens (including phenoxy) is 2. The van der Waals surface area contributed by atoms with Crippen molar-refractivity contribution >= 4 is 29.5 Å². The lowest BCUT2D eigenvalue weighted by Crippen LogP contribution is -2.58. The molecule has 1 N–H and O–H groups in total. The van der Waals surface area contributed by atoms with E-state index < -0.39 is 22.6 Å². The van der Waals surface area contributed by atoms with E-state index in [1.165, 1.54) is 4.90 Å². The number of fused-ring (bicyclic) bond motifs is 1. The number of hydrogen-bond acceptors (Lipinski definition) is 8. The van der Waals surface area contributed by atoms with Gasteiger partial charge >= 0.3 is 5.97 Å². The Bertz CT molecular complexity index is 865. The standard InChI is InChI=1S/C26H39N3O6S/c1-4-6-14-35-25(33)20-19-17-18(3)26(36-19)21(20)23(31)29(10-13-30)22(26)24(32)28(7-5-2)9-8-27-11-15-34-16-12-27/h4-5,18-22,30H,1-2,6-17H2,3H3/t18?,19-,20+,21+,22?,26?/m1/s1. The first kappa shape index (κ1) is 27.2. The van der Waals surface area contributed by atoms with E-state index in [0.29, 0.717) is 39.3 Å². The molecule has 4 aliphatic rings. The predicted molar refractivity (Wildman–Crippen MR) is 137 cm³/mol. The fraction of sp³-hybridized carbons (Fsp3) is 0.731. The van der Waals surface area contributed by atoms with Crippen molar-refractivity contribution in [2.24, 2.45) is 17.8 Å². The first-order chi connectivity index (χ1) is 17.4. The Balaban J connectivity index is 1.61. The number of esters is 1. The first-order valence-electron chi connectivity index (χ1n) is 13.0. The molecule has 0 aliphatic carbocycles. The van der Waals surface area contributed by atoms with Crippen molar-refractivity contribution in [2.75, 3.05) is 65.7 Å². The maximum atomic E-state index is 14.2. The fourth-order valence-electron chi connectivity index (χ4n) is 6.46. The van der Waals surface area contributed by atoms with E-state index in [9.17, 15) is 19.5 Å². The monoisotopic (exact) mass is 521 g/mol. The van der Waals surface area contributed by atoms with Crippen LogP contribution in [0, 0.1) is 17.8 Å². The average molecular weight is 522 g/mol. The largest absolute Gasteiger partial charge is 0.465 e. The lowest BCUT2D eigenvalue weighted by Gasteiger charge is -2.40. The van der Waals surface area contributed by atoms with Gasteiger partial charge in [0.15, 0.2) is 0 Å². The highest BCUT2D eigenvalue weighted by atomic mass is 32.2. The van der Waals surface area contributed by atoms with Crippen LogP contribution in [0.15, 0.2) is 25.3 Å². The second-order valence-corrected chi connectivity index (χ2v) is 11.6. The first-order valence-corrected chi connectivity index (χ1v) is 13.8. The van der Waals surface area contributed by atoms with Gasteiger partial charge in [-0.15, -0.1) is 24.9 Å². The van der Waals surface area contributed by atoms with Gasteiger partial charge in [-0.1, -0.05) is 19.1 Å². The highest BCUT2D eigenvalue weighted by Crippen LogP contribution is 2.68. The molecule has 4 fully saturated rings. The number of carbonyl (C=O) groups is 3. The van der Waals surface area contributed by atoms with E-state index in [4.69, 9.17) is 9.47 Å². The quantitative estimate of drug-likeness (QED) is 0.229. The molecule has 4 aliphatic heterocycles. The van der Waals surface area contributed by atoms with E-state index >= 15 is 0 Å². The molecule has 1 spiro atoms. The molecule has 4 rings (SSSR count). The summed E-state index contributed by atoms with van der Waals surface area (Å²) in [5, 5.41) is 9.76. The molecule has 6 atom stereocenters. The van der Waals surface area contributed by atoms with Crippen LogP contribution in [-0.2, 0) is 23.9 Å². The van der Waals surface area contributed by atoms with Gasteiger partial charge in [-0.2, -0.15) is 0 Å². The molecule has 0 radical (unpaired) electrons. The van der Waals surface area contributed by atoms with Crippen LogP contribution in [0.25, 0.3) is 0 Å². The third-order valence-electron chi connectivity index (χ3n) is 8.11. The highest BCUT2D eigenvalue weighted by Gasteiger charge is 2.76. The second-order valence-electron chi connectivity index (χ2n) is 10.1. The Kier molecular flexibility index (Phi) is 8.80. The smallest absolute Gasteiger partial charge is 0.310 e. The summed E-state index contributed by atoms with van der Waals surface area (Å²) < 4.78 is 10.2. The van der Waals surface area contributed by atoms with E-state index in [2.05, 4.69) is 25.0 Å². The van der Waals surface area contributed by atoms with Gasteiger partial charge in [0.05, 0.1) is 43.0 Å². The van der Waals surface area contributed by atoms with Gasteiger partial charge in [-0.25, -0.2) is 0 Å². The minimum Gasteiger partial charge on any atom is -0.465 e. The van der Waals surface area contributed by atoms with Crippen LogP contribution in [0.3, 0.4) is 0 Å². The number of aliphatic hydroxyl groups excluding tert-OH is 1. The summed E-state index contributed by atoms with van der Waals surface area (Å²) in [4.78, 5) is 46.8. The second kappa shape index (κ2) is 11.7. The Morgan fingerprint density at radius 1 is 1.28 bits per heavy atom. The lowest BCUT2D eigenvalue weighted by molar-refractivity contribution is -0.154. The third-order valence-corrected chi connectivity index (χ3v) is 10.2. The van der Waals surface area contributed by atoms with E-state index in [-0.39, 0.29) is 48.7 Å². The van der Waals surface area contributed by atoms with E-state index in [0.717, 1.165) is 19.5 Å². The average Bonchev–Trinajstić information content (AvgIpc) is 3.46. The molecule has 0 aromatic rings. The van der Waals surface area contributed by atoms with Crippen LogP contribution in [-0.4, -0.2) is 119 Å². The Hall–Kier alpha value is -1.88. The zero-order valence-electron chi connectivity index (χ0n) is 21.2. The van der Waals surface area contributed by atoms with Crippen molar-refractivity contribution < 1.29 is 29.0 Å². The molecule has 4 saturated heterocycles. The summed E-state index contributed by atoms with van der Waals surface area (Å²) in [7, 11) is 0.